The maximum atomic E-state index is 12.6. The highest BCUT2D eigenvalue weighted by molar-refractivity contribution is 7.90. The Hall–Kier alpha value is -2.52. The number of hydrogen-bond donors (Lipinski definition) is 2. The largest absolute Gasteiger partial charge is 0.350 e. The van der Waals surface area contributed by atoms with E-state index in [2.05, 4.69) is 15.3 Å². The minimum absolute atomic E-state index is 0.112. The van der Waals surface area contributed by atoms with Gasteiger partial charge in [-0.1, -0.05) is 12.1 Å². The minimum atomic E-state index is -3.25. The van der Waals surface area contributed by atoms with Gasteiger partial charge in [0.25, 0.3) is 5.56 Å². The summed E-state index contributed by atoms with van der Waals surface area (Å²) in [5.41, 5.74) is 1.86. The Morgan fingerprint density at radius 2 is 1.94 bits per heavy atom. The predicted octanol–water partition coefficient (Wildman–Crippen LogP) is 3.08. The third kappa shape index (κ3) is 4.72. The fourth-order valence-electron chi connectivity index (χ4n) is 3.96. The van der Waals surface area contributed by atoms with Crippen LogP contribution in [0.15, 0.2) is 34.0 Å². The van der Waals surface area contributed by atoms with Gasteiger partial charge in [-0.3, -0.25) is 9.59 Å². The number of aromatic nitrogens is 2. The van der Waals surface area contributed by atoms with Crippen LogP contribution >= 0.6 is 11.3 Å². The van der Waals surface area contributed by atoms with Crippen LogP contribution in [0.5, 0.6) is 0 Å². The number of aryl methyl sites for hydroxylation is 3. The Balaban J connectivity index is 1.40. The molecule has 2 heterocycles. The number of hydrogen-bond acceptors (Lipinski definition) is 6. The second-order valence-corrected chi connectivity index (χ2v) is 11.1. The monoisotopic (exact) mass is 459 g/mol. The molecular formula is C22H25N3O4S2. The molecule has 7 nitrogen and oxygen atoms in total. The number of H-pyrrole nitrogens is 1. The summed E-state index contributed by atoms with van der Waals surface area (Å²) >= 11 is 1.60. The molecule has 1 aliphatic carbocycles. The molecule has 3 aromatic rings. The van der Waals surface area contributed by atoms with Gasteiger partial charge in [0.1, 0.15) is 10.7 Å². The van der Waals surface area contributed by atoms with Gasteiger partial charge in [-0.05, 0) is 55.9 Å². The number of benzene rings is 1. The molecule has 31 heavy (non-hydrogen) atoms. The van der Waals surface area contributed by atoms with Crippen LogP contribution in [0.25, 0.3) is 10.2 Å². The van der Waals surface area contributed by atoms with E-state index >= 15 is 0 Å². The van der Waals surface area contributed by atoms with Crippen molar-refractivity contribution in [3.8, 4) is 0 Å². The first-order valence-corrected chi connectivity index (χ1v) is 13.1. The van der Waals surface area contributed by atoms with Crippen LogP contribution in [0.4, 0.5) is 0 Å². The lowest BCUT2D eigenvalue weighted by Gasteiger charge is -2.14. The van der Waals surface area contributed by atoms with Crippen LogP contribution in [0.3, 0.4) is 0 Å². The van der Waals surface area contributed by atoms with Crippen molar-refractivity contribution in [3.63, 3.8) is 0 Å². The molecular weight excluding hydrogens is 434 g/mol. The summed E-state index contributed by atoms with van der Waals surface area (Å²) in [4.78, 5) is 34.8. The smallest absolute Gasteiger partial charge is 0.259 e. The van der Waals surface area contributed by atoms with Gasteiger partial charge in [-0.25, -0.2) is 13.4 Å². The molecule has 1 unspecified atom stereocenters. The Kier molecular flexibility index (Phi) is 5.98. The third-order valence-corrected chi connectivity index (χ3v) is 7.96. The van der Waals surface area contributed by atoms with Crippen molar-refractivity contribution in [1.29, 1.82) is 0 Å². The van der Waals surface area contributed by atoms with Gasteiger partial charge in [0.2, 0.25) is 5.91 Å². The number of fused-ring (bicyclic) bond motifs is 3. The average molecular weight is 460 g/mol. The zero-order valence-electron chi connectivity index (χ0n) is 17.5. The first-order chi connectivity index (χ1) is 14.7. The molecule has 0 aliphatic heterocycles. The molecule has 1 aliphatic rings. The summed E-state index contributed by atoms with van der Waals surface area (Å²) in [5, 5.41) is 3.63. The molecule has 164 valence electrons. The zero-order chi connectivity index (χ0) is 22.2. The zero-order valence-corrected chi connectivity index (χ0v) is 19.2. The normalized spacial score (nSPS) is 14.9. The van der Waals surface area contributed by atoms with Crippen molar-refractivity contribution in [2.45, 2.75) is 56.4 Å². The summed E-state index contributed by atoms with van der Waals surface area (Å²) in [5.74, 6) is 0.365. The SMILES string of the molecule is CC(NC(=O)CCc1nc2sc3c(c2c(=O)[nH]1)CCCC3)c1ccc(S(C)(=O)=O)cc1. The summed E-state index contributed by atoms with van der Waals surface area (Å²) in [6, 6.07) is 6.22. The molecule has 2 aromatic heterocycles. The molecule has 0 bridgehead atoms. The van der Waals surface area contributed by atoms with E-state index in [1.54, 1.807) is 23.5 Å². The fourth-order valence-corrected chi connectivity index (χ4v) is 5.87. The molecule has 1 amide bonds. The van der Waals surface area contributed by atoms with Gasteiger partial charge in [0, 0.05) is 24.0 Å². The number of carbonyl (C=O) groups excluding carboxylic acids is 1. The summed E-state index contributed by atoms with van der Waals surface area (Å²) in [6.45, 7) is 1.84. The first-order valence-electron chi connectivity index (χ1n) is 10.3. The second kappa shape index (κ2) is 8.55. The van der Waals surface area contributed by atoms with E-state index in [1.165, 1.54) is 17.0 Å². The lowest BCUT2D eigenvalue weighted by molar-refractivity contribution is -0.121. The molecule has 1 aromatic carbocycles. The molecule has 1 atom stereocenters. The van der Waals surface area contributed by atoms with Crippen LogP contribution in [-0.2, 0) is 33.9 Å². The maximum Gasteiger partial charge on any atom is 0.259 e. The number of sulfone groups is 1. The van der Waals surface area contributed by atoms with Gasteiger partial charge in [0.15, 0.2) is 9.84 Å². The number of carbonyl (C=O) groups is 1. The number of nitrogens with zero attached hydrogens (tertiary/aromatic N) is 1. The number of aromatic amines is 1. The van der Waals surface area contributed by atoms with Gasteiger partial charge in [-0.2, -0.15) is 0 Å². The van der Waals surface area contributed by atoms with Crippen molar-refractivity contribution < 1.29 is 13.2 Å². The van der Waals surface area contributed by atoms with E-state index in [0.29, 0.717) is 12.2 Å². The topological polar surface area (TPSA) is 109 Å². The van der Waals surface area contributed by atoms with Crippen LogP contribution < -0.4 is 10.9 Å². The molecule has 9 heteroatoms. The quantitative estimate of drug-likeness (QED) is 0.589. The van der Waals surface area contributed by atoms with Gasteiger partial charge in [-0.15, -0.1) is 11.3 Å². The minimum Gasteiger partial charge on any atom is -0.350 e. The maximum absolute atomic E-state index is 12.6. The summed E-state index contributed by atoms with van der Waals surface area (Å²) in [6.07, 6.45) is 5.91. The Bertz CT molecular complexity index is 1290. The Morgan fingerprint density at radius 1 is 1.23 bits per heavy atom. The van der Waals surface area contributed by atoms with E-state index in [0.717, 1.165) is 53.3 Å². The van der Waals surface area contributed by atoms with Crippen molar-refractivity contribution in [1.82, 2.24) is 15.3 Å². The van der Waals surface area contributed by atoms with Crippen LogP contribution in [0, 0.1) is 0 Å². The highest BCUT2D eigenvalue weighted by Crippen LogP contribution is 2.33. The number of thiophene rings is 1. The number of nitrogens with one attached hydrogen (secondary N) is 2. The van der Waals surface area contributed by atoms with Crippen LogP contribution in [0.1, 0.15) is 54.1 Å². The molecule has 0 spiro atoms. The fraction of sp³-hybridized carbons (Fsp3) is 0.409. The summed E-state index contributed by atoms with van der Waals surface area (Å²) in [7, 11) is -3.25. The Labute approximate surface area is 184 Å². The van der Waals surface area contributed by atoms with Crippen molar-refractivity contribution >= 4 is 37.3 Å². The molecule has 0 fully saturated rings. The highest BCUT2D eigenvalue weighted by atomic mass is 32.2. The molecule has 0 saturated carbocycles. The molecule has 0 saturated heterocycles. The average Bonchev–Trinajstić information content (AvgIpc) is 3.10. The second-order valence-electron chi connectivity index (χ2n) is 8.03. The van der Waals surface area contributed by atoms with Gasteiger partial charge >= 0.3 is 0 Å². The Morgan fingerprint density at radius 3 is 2.65 bits per heavy atom. The van der Waals surface area contributed by atoms with Crippen LogP contribution in [0.2, 0.25) is 0 Å². The van der Waals surface area contributed by atoms with Crippen molar-refractivity contribution in [2.75, 3.05) is 6.26 Å². The lowest BCUT2D eigenvalue weighted by atomic mass is 9.97. The highest BCUT2D eigenvalue weighted by Gasteiger charge is 2.20. The van der Waals surface area contributed by atoms with E-state index in [4.69, 9.17) is 0 Å². The standard InChI is InChI=1S/C22H25N3O4S2/c1-13(14-7-9-15(10-8-14)31(2,28)29)23-19(26)12-11-18-24-21(27)20-16-5-3-4-6-17(16)30-22(20)25-18/h7-10,13H,3-6,11-12H2,1-2H3,(H,23,26)(H,24,25,27). The van der Waals surface area contributed by atoms with E-state index < -0.39 is 9.84 Å². The first kappa shape index (κ1) is 21.7. The van der Waals surface area contributed by atoms with Gasteiger partial charge < -0.3 is 10.3 Å². The number of rotatable bonds is 6. The molecule has 0 radical (unpaired) electrons. The van der Waals surface area contributed by atoms with E-state index in [1.807, 2.05) is 6.92 Å². The molecule has 2 N–H and O–H groups in total. The van der Waals surface area contributed by atoms with E-state index in [9.17, 15) is 18.0 Å². The van der Waals surface area contributed by atoms with Crippen molar-refractivity contribution in [2.24, 2.45) is 0 Å². The lowest BCUT2D eigenvalue weighted by Crippen LogP contribution is -2.27. The van der Waals surface area contributed by atoms with E-state index in [-0.39, 0.29) is 28.8 Å². The summed E-state index contributed by atoms with van der Waals surface area (Å²) < 4.78 is 23.1. The van der Waals surface area contributed by atoms with Crippen molar-refractivity contribution in [3.05, 3.63) is 56.4 Å². The van der Waals surface area contributed by atoms with Crippen LogP contribution in [-0.4, -0.2) is 30.5 Å². The number of amides is 1. The molecule has 4 rings (SSSR count). The van der Waals surface area contributed by atoms with Gasteiger partial charge in [0.05, 0.1) is 16.3 Å². The predicted molar refractivity (Wildman–Crippen MR) is 121 cm³/mol. The third-order valence-electron chi connectivity index (χ3n) is 5.65.